The third-order valence-electron chi connectivity index (χ3n) is 2.78. The van der Waals surface area contributed by atoms with Gasteiger partial charge in [0.05, 0.1) is 6.10 Å². The number of hydrogen-bond acceptors (Lipinski definition) is 2. The monoisotopic (exact) mass is 171 g/mol. The average molecular weight is 171 g/mol. The highest BCUT2D eigenvalue weighted by Gasteiger charge is 2.14. The van der Waals surface area contributed by atoms with E-state index in [4.69, 9.17) is 5.73 Å². The van der Waals surface area contributed by atoms with Gasteiger partial charge in [0.1, 0.15) is 0 Å². The fourth-order valence-electron chi connectivity index (χ4n) is 1.85. The van der Waals surface area contributed by atoms with Crippen molar-refractivity contribution in [3.05, 3.63) is 0 Å². The van der Waals surface area contributed by atoms with Crippen molar-refractivity contribution in [2.75, 3.05) is 0 Å². The van der Waals surface area contributed by atoms with Crippen LogP contribution in [0.4, 0.5) is 0 Å². The van der Waals surface area contributed by atoms with Crippen LogP contribution in [0.15, 0.2) is 0 Å². The molecular weight excluding hydrogens is 150 g/mol. The van der Waals surface area contributed by atoms with E-state index in [2.05, 4.69) is 0 Å². The molecule has 3 N–H and O–H groups in total. The van der Waals surface area contributed by atoms with Gasteiger partial charge in [-0.1, -0.05) is 38.5 Å². The molecule has 2 heteroatoms. The van der Waals surface area contributed by atoms with Crippen LogP contribution in [0.25, 0.3) is 0 Å². The van der Waals surface area contributed by atoms with Crippen LogP contribution in [0.1, 0.15) is 51.4 Å². The standard InChI is InChI=1S/C10H21NO/c11-9-7-5-3-1-2-4-6-8-10(9)12/h9-10,12H,1-8,11H2/t9-,10+/m0/s1. The van der Waals surface area contributed by atoms with E-state index in [9.17, 15) is 5.11 Å². The van der Waals surface area contributed by atoms with Gasteiger partial charge in [0.2, 0.25) is 0 Å². The zero-order valence-electron chi connectivity index (χ0n) is 7.84. The number of rotatable bonds is 0. The van der Waals surface area contributed by atoms with E-state index in [-0.39, 0.29) is 12.1 Å². The predicted octanol–water partition coefficient (Wildman–Crippen LogP) is 1.81. The SMILES string of the molecule is N[C@H]1CCCCCCCC[C@H]1O. The molecule has 0 saturated heterocycles. The van der Waals surface area contributed by atoms with Gasteiger partial charge >= 0.3 is 0 Å². The highest BCUT2D eigenvalue weighted by molar-refractivity contribution is 4.72. The summed E-state index contributed by atoms with van der Waals surface area (Å²) >= 11 is 0. The van der Waals surface area contributed by atoms with Crippen molar-refractivity contribution in [1.82, 2.24) is 0 Å². The summed E-state index contributed by atoms with van der Waals surface area (Å²) < 4.78 is 0. The summed E-state index contributed by atoms with van der Waals surface area (Å²) in [5.41, 5.74) is 5.82. The summed E-state index contributed by atoms with van der Waals surface area (Å²) in [6.07, 6.45) is 9.24. The molecule has 0 aromatic carbocycles. The second-order valence-corrected chi connectivity index (χ2v) is 3.93. The molecule has 72 valence electrons. The lowest BCUT2D eigenvalue weighted by atomic mass is 9.96. The molecule has 2 atom stereocenters. The number of aliphatic hydroxyl groups excluding tert-OH is 1. The fraction of sp³-hybridized carbons (Fsp3) is 1.00. The van der Waals surface area contributed by atoms with Crippen LogP contribution >= 0.6 is 0 Å². The third kappa shape index (κ3) is 3.55. The van der Waals surface area contributed by atoms with E-state index in [0.29, 0.717) is 0 Å². The van der Waals surface area contributed by atoms with Crippen LogP contribution in [0.5, 0.6) is 0 Å². The molecule has 1 rings (SSSR count). The Morgan fingerprint density at radius 3 is 2.00 bits per heavy atom. The smallest absolute Gasteiger partial charge is 0.0691 e. The second-order valence-electron chi connectivity index (χ2n) is 3.93. The summed E-state index contributed by atoms with van der Waals surface area (Å²) in [4.78, 5) is 0. The van der Waals surface area contributed by atoms with Crippen LogP contribution in [0, 0.1) is 0 Å². The molecule has 0 bridgehead atoms. The van der Waals surface area contributed by atoms with E-state index in [1.165, 1.54) is 32.1 Å². The van der Waals surface area contributed by atoms with Crippen molar-refractivity contribution in [3.63, 3.8) is 0 Å². The van der Waals surface area contributed by atoms with Crippen molar-refractivity contribution in [2.45, 2.75) is 63.5 Å². The Balaban J connectivity index is 2.26. The third-order valence-corrected chi connectivity index (χ3v) is 2.78. The van der Waals surface area contributed by atoms with E-state index >= 15 is 0 Å². The molecule has 0 amide bonds. The quantitative estimate of drug-likeness (QED) is 0.584. The Labute approximate surface area is 75.2 Å². The molecule has 0 spiro atoms. The Bertz CT molecular complexity index is 102. The van der Waals surface area contributed by atoms with Gasteiger partial charge in [0.25, 0.3) is 0 Å². The Morgan fingerprint density at radius 1 is 0.833 bits per heavy atom. The molecule has 0 unspecified atom stereocenters. The molecule has 1 aliphatic rings. The van der Waals surface area contributed by atoms with Gasteiger partial charge in [0, 0.05) is 6.04 Å². The van der Waals surface area contributed by atoms with Crippen molar-refractivity contribution in [3.8, 4) is 0 Å². The summed E-state index contributed by atoms with van der Waals surface area (Å²) in [6.45, 7) is 0. The fourth-order valence-corrected chi connectivity index (χ4v) is 1.85. The predicted molar refractivity (Wildman–Crippen MR) is 50.9 cm³/mol. The highest BCUT2D eigenvalue weighted by atomic mass is 16.3. The van der Waals surface area contributed by atoms with E-state index in [0.717, 1.165) is 19.3 Å². The molecule has 2 nitrogen and oxygen atoms in total. The molecule has 0 heterocycles. The molecule has 1 saturated carbocycles. The normalized spacial score (nSPS) is 34.5. The van der Waals surface area contributed by atoms with Gasteiger partial charge in [0.15, 0.2) is 0 Å². The number of aliphatic hydroxyl groups is 1. The van der Waals surface area contributed by atoms with Gasteiger partial charge in [-0.15, -0.1) is 0 Å². The van der Waals surface area contributed by atoms with Crippen molar-refractivity contribution in [2.24, 2.45) is 5.73 Å². The highest BCUT2D eigenvalue weighted by Crippen LogP contribution is 2.16. The number of nitrogens with two attached hydrogens (primary N) is 1. The maximum atomic E-state index is 9.57. The van der Waals surface area contributed by atoms with Crippen molar-refractivity contribution >= 4 is 0 Å². The lowest BCUT2D eigenvalue weighted by molar-refractivity contribution is 0.124. The van der Waals surface area contributed by atoms with E-state index < -0.39 is 0 Å². The molecule has 0 radical (unpaired) electrons. The van der Waals surface area contributed by atoms with E-state index in [1.54, 1.807) is 0 Å². The Kier molecular flexibility index (Phi) is 4.62. The van der Waals surface area contributed by atoms with Gasteiger partial charge in [-0.2, -0.15) is 0 Å². The Hall–Kier alpha value is -0.0800. The van der Waals surface area contributed by atoms with Crippen LogP contribution in [-0.2, 0) is 0 Å². The van der Waals surface area contributed by atoms with Gasteiger partial charge < -0.3 is 10.8 Å². The summed E-state index contributed by atoms with van der Waals surface area (Å²) in [7, 11) is 0. The lowest BCUT2D eigenvalue weighted by Crippen LogP contribution is -2.34. The maximum absolute atomic E-state index is 9.57. The largest absolute Gasteiger partial charge is 0.392 e. The zero-order chi connectivity index (χ0) is 8.81. The van der Waals surface area contributed by atoms with E-state index in [1.807, 2.05) is 0 Å². The summed E-state index contributed by atoms with van der Waals surface area (Å²) in [5, 5.41) is 9.57. The van der Waals surface area contributed by atoms with Crippen LogP contribution in [0.3, 0.4) is 0 Å². The first-order valence-electron chi connectivity index (χ1n) is 5.24. The van der Waals surface area contributed by atoms with Gasteiger partial charge in [-0.3, -0.25) is 0 Å². The van der Waals surface area contributed by atoms with Gasteiger partial charge in [-0.25, -0.2) is 0 Å². The average Bonchev–Trinajstić information content (AvgIpc) is 2.08. The minimum atomic E-state index is -0.247. The molecule has 12 heavy (non-hydrogen) atoms. The molecule has 0 aliphatic heterocycles. The molecule has 1 aliphatic carbocycles. The van der Waals surface area contributed by atoms with Crippen molar-refractivity contribution < 1.29 is 5.11 Å². The van der Waals surface area contributed by atoms with Crippen LogP contribution in [0.2, 0.25) is 0 Å². The van der Waals surface area contributed by atoms with Crippen molar-refractivity contribution in [1.29, 1.82) is 0 Å². The zero-order valence-corrected chi connectivity index (χ0v) is 7.84. The minimum Gasteiger partial charge on any atom is -0.392 e. The molecule has 0 aromatic rings. The first-order valence-corrected chi connectivity index (χ1v) is 5.24. The minimum absolute atomic E-state index is 0.0306. The van der Waals surface area contributed by atoms with Crippen LogP contribution < -0.4 is 5.73 Å². The topological polar surface area (TPSA) is 46.2 Å². The van der Waals surface area contributed by atoms with Gasteiger partial charge in [-0.05, 0) is 12.8 Å². The number of hydrogen-bond donors (Lipinski definition) is 2. The molecular formula is C10H21NO. The summed E-state index contributed by atoms with van der Waals surface area (Å²) in [5.74, 6) is 0. The maximum Gasteiger partial charge on any atom is 0.0691 e. The molecule has 1 fully saturated rings. The first kappa shape index (κ1) is 10.0. The summed E-state index contributed by atoms with van der Waals surface area (Å²) in [6, 6.07) is 0.0306. The second kappa shape index (κ2) is 5.55. The lowest BCUT2D eigenvalue weighted by Gasteiger charge is -2.19. The molecule has 0 aromatic heterocycles. The Morgan fingerprint density at radius 2 is 1.33 bits per heavy atom. The first-order chi connectivity index (χ1) is 5.80. The van der Waals surface area contributed by atoms with Crippen LogP contribution in [-0.4, -0.2) is 17.3 Å².